The normalized spacial score (nSPS) is 25.3. The molecule has 3 heteroatoms. The smallest absolute Gasteiger partial charge is 0.222 e. The van der Waals surface area contributed by atoms with E-state index < -0.39 is 0 Å². The summed E-state index contributed by atoms with van der Waals surface area (Å²) in [4.78, 5) is 14.5. The van der Waals surface area contributed by atoms with Crippen LogP contribution in [0.5, 0.6) is 0 Å². The van der Waals surface area contributed by atoms with Crippen molar-refractivity contribution < 1.29 is 4.79 Å². The van der Waals surface area contributed by atoms with E-state index in [1.165, 1.54) is 44.9 Å². The van der Waals surface area contributed by atoms with Gasteiger partial charge in [0.25, 0.3) is 0 Å². The molecule has 1 N–H and O–H groups in total. The number of nitrogens with one attached hydrogen (secondary N) is 1. The van der Waals surface area contributed by atoms with Crippen molar-refractivity contribution in [3.63, 3.8) is 0 Å². The number of nitrogens with zero attached hydrogens (tertiary/aromatic N) is 1. The zero-order chi connectivity index (χ0) is 12.8. The van der Waals surface area contributed by atoms with E-state index in [4.69, 9.17) is 0 Å². The lowest BCUT2D eigenvalue weighted by Crippen LogP contribution is -2.41. The van der Waals surface area contributed by atoms with Gasteiger partial charge < -0.3 is 10.2 Å². The molecule has 1 atom stereocenters. The maximum atomic E-state index is 12.3. The number of hydrogen-bond acceptors (Lipinski definition) is 2. The van der Waals surface area contributed by atoms with Crippen LogP contribution in [0.1, 0.15) is 64.7 Å². The highest BCUT2D eigenvalue weighted by atomic mass is 16.2. The second kappa shape index (κ2) is 7.13. The fourth-order valence-corrected chi connectivity index (χ4v) is 3.48. The average Bonchev–Trinajstić information content (AvgIpc) is 2.92. The molecule has 1 aliphatic heterocycles. The van der Waals surface area contributed by atoms with Crippen LogP contribution in [0.4, 0.5) is 0 Å². The third-order valence-corrected chi connectivity index (χ3v) is 4.55. The first-order valence-electron chi connectivity index (χ1n) is 7.84. The third-order valence-electron chi connectivity index (χ3n) is 4.55. The fourth-order valence-electron chi connectivity index (χ4n) is 3.48. The molecule has 18 heavy (non-hydrogen) atoms. The first-order valence-corrected chi connectivity index (χ1v) is 7.84. The van der Waals surface area contributed by atoms with Crippen molar-refractivity contribution in [3.05, 3.63) is 0 Å². The Morgan fingerprint density at radius 1 is 1.17 bits per heavy atom. The van der Waals surface area contributed by atoms with E-state index in [1.807, 2.05) is 0 Å². The van der Waals surface area contributed by atoms with E-state index in [0.717, 1.165) is 25.9 Å². The summed E-state index contributed by atoms with van der Waals surface area (Å²) in [6.45, 7) is 4.15. The van der Waals surface area contributed by atoms with E-state index in [2.05, 4.69) is 17.1 Å². The molecule has 2 rings (SSSR count). The van der Waals surface area contributed by atoms with Crippen molar-refractivity contribution in [2.24, 2.45) is 0 Å². The van der Waals surface area contributed by atoms with E-state index in [9.17, 15) is 4.79 Å². The summed E-state index contributed by atoms with van der Waals surface area (Å²) in [5, 5.41) is 3.48. The Balaban J connectivity index is 1.76. The molecule has 0 radical (unpaired) electrons. The molecule has 1 saturated heterocycles. The van der Waals surface area contributed by atoms with Crippen molar-refractivity contribution in [3.8, 4) is 0 Å². The third kappa shape index (κ3) is 3.71. The summed E-state index contributed by atoms with van der Waals surface area (Å²) in [7, 11) is 0. The molecule has 0 aromatic carbocycles. The lowest BCUT2D eigenvalue weighted by atomic mass is 9.94. The topological polar surface area (TPSA) is 32.3 Å². The Morgan fingerprint density at radius 3 is 2.56 bits per heavy atom. The van der Waals surface area contributed by atoms with Crippen LogP contribution >= 0.6 is 0 Å². The van der Waals surface area contributed by atoms with Gasteiger partial charge in [0.2, 0.25) is 5.91 Å². The van der Waals surface area contributed by atoms with E-state index in [-0.39, 0.29) is 0 Å². The molecule has 1 saturated carbocycles. The molecule has 0 aromatic heterocycles. The van der Waals surface area contributed by atoms with Crippen LogP contribution in [0.2, 0.25) is 0 Å². The van der Waals surface area contributed by atoms with Crippen LogP contribution in [0, 0.1) is 0 Å². The van der Waals surface area contributed by atoms with Gasteiger partial charge in [0, 0.05) is 25.0 Å². The van der Waals surface area contributed by atoms with Crippen LogP contribution in [-0.2, 0) is 4.79 Å². The van der Waals surface area contributed by atoms with Gasteiger partial charge in [-0.05, 0) is 45.6 Å². The van der Waals surface area contributed by atoms with Crippen LogP contribution < -0.4 is 5.32 Å². The molecular weight excluding hydrogens is 224 g/mol. The molecule has 1 unspecified atom stereocenters. The molecule has 0 spiro atoms. The molecule has 2 fully saturated rings. The number of hydrogen-bond donors (Lipinski definition) is 1. The summed E-state index contributed by atoms with van der Waals surface area (Å²) in [5.74, 6) is 0.387. The van der Waals surface area contributed by atoms with Gasteiger partial charge in [-0.2, -0.15) is 0 Å². The number of carbonyl (C=O) groups excluding carboxylic acids is 1. The van der Waals surface area contributed by atoms with Crippen molar-refractivity contribution >= 4 is 5.91 Å². The van der Waals surface area contributed by atoms with Crippen LogP contribution in [-0.4, -0.2) is 36.0 Å². The van der Waals surface area contributed by atoms with Gasteiger partial charge in [-0.15, -0.1) is 0 Å². The summed E-state index contributed by atoms with van der Waals surface area (Å²) in [6.07, 6.45) is 10.7. The van der Waals surface area contributed by atoms with E-state index in [0.29, 0.717) is 18.0 Å². The predicted octanol–water partition coefficient (Wildman–Crippen LogP) is 2.70. The molecule has 2 aliphatic rings. The Labute approximate surface area is 111 Å². The van der Waals surface area contributed by atoms with E-state index >= 15 is 0 Å². The van der Waals surface area contributed by atoms with Crippen LogP contribution in [0.15, 0.2) is 0 Å². The fraction of sp³-hybridized carbons (Fsp3) is 0.933. The van der Waals surface area contributed by atoms with Gasteiger partial charge in [0.1, 0.15) is 0 Å². The van der Waals surface area contributed by atoms with Crippen molar-refractivity contribution in [1.29, 1.82) is 0 Å². The second-order valence-corrected chi connectivity index (χ2v) is 5.80. The lowest BCUT2D eigenvalue weighted by Gasteiger charge is -2.34. The van der Waals surface area contributed by atoms with Crippen LogP contribution in [0.25, 0.3) is 0 Å². The van der Waals surface area contributed by atoms with Gasteiger partial charge in [-0.25, -0.2) is 0 Å². The minimum atomic E-state index is 0.387. The molecule has 3 nitrogen and oxygen atoms in total. The maximum Gasteiger partial charge on any atom is 0.222 e. The van der Waals surface area contributed by atoms with Gasteiger partial charge in [0.05, 0.1) is 0 Å². The highest BCUT2D eigenvalue weighted by molar-refractivity contribution is 5.76. The molecule has 1 heterocycles. The van der Waals surface area contributed by atoms with Gasteiger partial charge >= 0.3 is 0 Å². The summed E-state index contributed by atoms with van der Waals surface area (Å²) in [6, 6.07) is 1.13. The predicted molar refractivity (Wildman–Crippen MR) is 74.5 cm³/mol. The van der Waals surface area contributed by atoms with Crippen molar-refractivity contribution in [2.75, 3.05) is 13.1 Å². The number of rotatable bonds is 5. The Bertz CT molecular complexity index is 255. The largest absolute Gasteiger partial charge is 0.340 e. The Hall–Kier alpha value is -0.570. The molecule has 0 aromatic rings. The summed E-state index contributed by atoms with van der Waals surface area (Å²) < 4.78 is 0. The van der Waals surface area contributed by atoms with Crippen LogP contribution in [0.3, 0.4) is 0 Å². The number of amides is 1. The highest BCUT2D eigenvalue weighted by Crippen LogP contribution is 2.23. The zero-order valence-electron chi connectivity index (χ0n) is 11.8. The first-order chi connectivity index (χ1) is 8.81. The van der Waals surface area contributed by atoms with Gasteiger partial charge in [-0.1, -0.05) is 19.3 Å². The lowest BCUT2D eigenvalue weighted by molar-refractivity contribution is -0.134. The average molecular weight is 252 g/mol. The minimum Gasteiger partial charge on any atom is -0.340 e. The number of carbonyl (C=O) groups is 1. The van der Waals surface area contributed by atoms with E-state index in [1.54, 1.807) is 0 Å². The maximum absolute atomic E-state index is 12.3. The summed E-state index contributed by atoms with van der Waals surface area (Å²) >= 11 is 0. The van der Waals surface area contributed by atoms with Gasteiger partial charge in [-0.3, -0.25) is 4.79 Å². The molecule has 1 aliphatic carbocycles. The molecule has 104 valence electrons. The molecular formula is C15H28N2O. The standard InChI is InChI=1S/C15H28N2O/c1-2-17(14-8-4-3-5-9-14)15(18)11-10-13-7-6-12-16-13/h13-14,16H,2-12H2,1H3. The minimum absolute atomic E-state index is 0.387. The molecule has 0 bridgehead atoms. The summed E-state index contributed by atoms with van der Waals surface area (Å²) in [5.41, 5.74) is 0. The highest BCUT2D eigenvalue weighted by Gasteiger charge is 2.24. The first kappa shape index (κ1) is 13.9. The monoisotopic (exact) mass is 252 g/mol. The molecule has 1 amide bonds. The Kier molecular flexibility index (Phi) is 5.48. The zero-order valence-corrected chi connectivity index (χ0v) is 11.8. The Morgan fingerprint density at radius 2 is 1.94 bits per heavy atom. The van der Waals surface area contributed by atoms with Gasteiger partial charge in [0.15, 0.2) is 0 Å². The van der Waals surface area contributed by atoms with Crippen molar-refractivity contribution in [2.45, 2.75) is 76.8 Å². The second-order valence-electron chi connectivity index (χ2n) is 5.80. The quantitative estimate of drug-likeness (QED) is 0.816. The van der Waals surface area contributed by atoms with Crippen molar-refractivity contribution in [1.82, 2.24) is 10.2 Å². The SMILES string of the molecule is CCN(C(=O)CCC1CCCN1)C1CCCCC1.